The molecule has 1 aliphatic heterocycles. The van der Waals surface area contributed by atoms with Crippen molar-refractivity contribution in [1.82, 2.24) is 4.90 Å². The minimum Gasteiger partial charge on any atom is -0.331 e. The first-order chi connectivity index (χ1) is 8.50. The van der Waals surface area contributed by atoms with Gasteiger partial charge in [-0.2, -0.15) is 0 Å². The second-order valence-electron chi connectivity index (χ2n) is 5.11. The number of carbonyl (C=O) groups excluding carboxylic acids is 1. The summed E-state index contributed by atoms with van der Waals surface area (Å²) >= 11 is 3.45. The van der Waals surface area contributed by atoms with Crippen molar-refractivity contribution in [1.29, 1.82) is 0 Å². The van der Waals surface area contributed by atoms with Crippen molar-refractivity contribution in [3.63, 3.8) is 0 Å². The van der Waals surface area contributed by atoms with Crippen LogP contribution in [0.3, 0.4) is 0 Å². The first-order valence-electron chi connectivity index (χ1n) is 6.63. The molecule has 2 nitrogen and oxygen atoms in total. The van der Waals surface area contributed by atoms with Crippen molar-refractivity contribution >= 4 is 21.8 Å². The Kier molecular flexibility index (Phi) is 2.29. The molecule has 1 aromatic carbocycles. The fourth-order valence-corrected chi connectivity index (χ4v) is 3.20. The number of amides is 1. The molecule has 0 radical (unpaired) electrons. The van der Waals surface area contributed by atoms with E-state index in [4.69, 9.17) is 1.37 Å². The third kappa shape index (κ3) is 1.81. The molecular formula is C14H16BrNO. The Bertz CT molecular complexity index is 527. The Morgan fingerprint density at radius 2 is 2.24 bits per heavy atom. The molecule has 1 aromatic rings. The fraction of sp³-hybridized carbons (Fsp3) is 0.500. The first-order valence-corrected chi connectivity index (χ1v) is 6.85. The second kappa shape index (κ2) is 3.84. The number of hydrogen-bond donors (Lipinski definition) is 0. The minimum atomic E-state index is -0.542. The van der Waals surface area contributed by atoms with Gasteiger partial charge in [0.15, 0.2) is 0 Å². The Balaban J connectivity index is 2.04. The molecule has 1 amide bonds. The van der Waals surface area contributed by atoms with E-state index < -0.39 is 6.52 Å². The average Bonchev–Trinajstić information content (AvgIpc) is 3.07. The summed E-state index contributed by atoms with van der Waals surface area (Å²) in [5, 5.41) is 0. The van der Waals surface area contributed by atoms with Crippen LogP contribution in [0.25, 0.3) is 0 Å². The van der Waals surface area contributed by atoms with E-state index in [-0.39, 0.29) is 11.9 Å². The summed E-state index contributed by atoms with van der Waals surface area (Å²) in [6.45, 7) is 3.48. The molecular weight excluding hydrogens is 278 g/mol. The number of hydrogen-bond acceptors (Lipinski definition) is 1. The Morgan fingerprint density at radius 3 is 2.88 bits per heavy atom. The van der Waals surface area contributed by atoms with Crippen LogP contribution in [0, 0.1) is 12.8 Å². The highest BCUT2D eigenvalue weighted by Gasteiger charge is 2.38. The number of rotatable bonds is 2. The quantitative estimate of drug-likeness (QED) is 0.817. The van der Waals surface area contributed by atoms with E-state index in [9.17, 15) is 4.79 Å². The molecule has 1 aliphatic carbocycles. The van der Waals surface area contributed by atoms with Gasteiger partial charge in [-0.15, -0.1) is 0 Å². The Morgan fingerprint density at radius 1 is 1.53 bits per heavy atom. The number of benzene rings is 1. The van der Waals surface area contributed by atoms with E-state index >= 15 is 0 Å². The maximum absolute atomic E-state index is 12.5. The molecule has 1 saturated carbocycles. The smallest absolute Gasteiger partial charge is 0.255 e. The van der Waals surface area contributed by atoms with Gasteiger partial charge in [0.2, 0.25) is 0 Å². The first kappa shape index (κ1) is 10.1. The molecule has 2 aliphatic rings. The van der Waals surface area contributed by atoms with Crippen LogP contribution in [0.4, 0.5) is 0 Å². The normalized spacial score (nSPS) is 25.8. The monoisotopic (exact) mass is 294 g/mol. The van der Waals surface area contributed by atoms with Gasteiger partial charge in [0.05, 0.1) is 1.37 Å². The predicted octanol–water partition coefficient (Wildman–Crippen LogP) is 3.51. The number of nitrogens with zero attached hydrogens (tertiary/aromatic N) is 1. The third-order valence-corrected chi connectivity index (χ3v) is 4.26. The maximum Gasteiger partial charge on any atom is 0.255 e. The van der Waals surface area contributed by atoms with Gasteiger partial charge in [0.25, 0.3) is 5.91 Å². The lowest BCUT2D eigenvalue weighted by Crippen LogP contribution is -2.34. The zero-order chi connectivity index (χ0) is 13.0. The molecule has 1 unspecified atom stereocenters. The molecule has 90 valence electrons. The zero-order valence-corrected chi connectivity index (χ0v) is 11.6. The summed E-state index contributed by atoms with van der Waals surface area (Å²) in [5.41, 5.74) is 2.55. The molecule has 3 rings (SSSR count). The number of aryl methyl sites for hydroxylation is 1. The number of halogens is 1. The molecule has 0 spiro atoms. The van der Waals surface area contributed by atoms with Crippen molar-refractivity contribution in [2.75, 3.05) is 0 Å². The van der Waals surface area contributed by atoms with Crippen LogP contribution in [0.2, 0.25) is 0 Å². The highest BCUT2D eigenvalue weighted by Crippen LogP contribution is 2.39. The Labute approximate surface area is 112 Å². The molecule has 1 fully saturated rings. The lowest BCUT2D eigenvalue weighted by atomic mass is 10.0. The van der Waals surface area contributed by atoms with E-state index in [1.165, 1.54) is 12.8 Å². The van der Waals surface area contributed by atoms with Gasteiger partial charge in [-0.3, -0.25) is 4.79 Å². The molecule has 3 heteroatoms. The molecule has 0 bridgehead atoms. The SMILES string of the molecule is [2H][C@H]1c2cc(Br)cc(C)c2C(=O)N1C(C)C1CC1. The van der Waals surface area contributed by atoms with E-state index in [0.717, 1.165) is 21.2 Å². The second-order valence-corrected chi connectivity index (χ2v) is 6.02. The van der Waals surface area contributed by atoms with Gasteiger partial charge < -0.3 is 4.90 Å². The summed E-state index contributed by atoms with van der Waals surface area (Å²) in [6, 6.07) is 4.05. The summed E-state index contributed by atoms with van der Waals surface area (Å²) in [7, 11) is 0. The highest BCUT2D eigenvalue weighted by molar-refractivity contribution is 9.10. The highest BCUT2D eigenvalue weighted by atomic mass is 79.9. The summed E-state index contributed by atoms with van der Waals surface area (Å²) < 4.78 is 9.28. The summed E-state index contributed by atoms with van der Waals surface area (Å²) in [4.78, 5) is 14.3. The van der Waals surface area contributed by atoms with Crippen LogP contribution in [-0.2, 0) is 6.52 Å². The van der Waals surface area contributed by atoms with Crippen LogP contribution in [-0.4, -0.2) is 16.8 Å². The zero-order valence-electron chi connectivity index (χ0n) is 11.0. The van der Waals surface area contributed by atoms with Crippen LogP contribution in [0.15, 0.2) is 16.6 Å². The van der Waals surface area contributed by atoms with Crippen LogP contribution in [0.1, 0.15) is 42.6 Å². The Hall–Kier alpha value is -0.830. The number of carbonyl (C=O) groups is 1. The lowest BCUT2D eigenvalue weighted by molar-refractivity contribution is 0.0697. The standard InChI is InChI=1S/C14H16BrNO/c1-8-5-12(15)6-11-7-16(14(17)13(8)11)9(2)10-3-4-10/h5-6,9-10H,3-4,7H2,1-2H3/i7D/t7-,9?/m0/s1. The molecule has 2 atom stereocenters. The topological polar surface area (TPSA) is 20.3 Å². The average molecular weight is 295 g/mol. The van der Waals surface area contributed by atoms with Gasteiger partial charge >= 0.3 is 0 Å². The van der Waals surface area contributed by atoms with E-state index in [1.807, 2.05) is 19.1 Å². The minimum absolute atomic E-state index is 0.0365. The van der Waals surface area contributed by atoms with E-state index in [0.29, 0.717) is 5.92 Å². The molecule has 0 N–H and O–H groups in total. The third-order valence-electron chi connectivity index (χ3n) is 3.80. The number of fused-ring (bicyclic) bond motifs is 1. The summed E-state index contributed by atoms with van der Waals surface area (Å²) in [5.74, 6) is 0.634. The van der Waals surface area contributed by atoms with Crippen LogP contribution >= 0.6 is 15.9 Å². The van der Waals surface area contributed by atoms with Gasteiger partial charge in [-0.25, -0.2) is 0 Å². The maximum atomic E-state index is 12.5. The summed E-state index contributed by atoms with van der Waals surface area (Å²) in [6.07, 6.45) is 2.38. The van der Waals surface area contributed by atoms with E-state index in [2.05, 4.69) is 22.9 Å². The van der Waals surface area contributed by atoms with Crippen molar-refractivity contribution in [2.45, 2.75) is 39.3 Å². The van der Waals surface area contributed by atoms with Gasteiger partial charge in [-0.1, -0.05) is 15.9 Å². The molecule has 17 heavy (non-hydrogen) atoms. The predicted molar refractivity (Wildman–Crippen MR) is 70.9 cm³/mol. The van der Waals surface area contributed by atoms with Gasteiger partial charge in [-0.05, 0) is 55.9 Å². The fourth-order valence-electron chi connectivity index (χ4n) is 2.61. The van der Waals surface area contributed by atoms with Crippen molar-refractivity contribution in [2.24, 2.45) is 5.92 Å². The van der Waals surface area contributed by atoms with Crippen molar-refractivity contribution < 1.29 is 6.17 Å². The van der Waals surface area contributed by atoms with Gasteiger partial charge in [0.1, 0.15) is 0 Å². The van der Waals surface area contributed by atoms with Crippen molar-refractivity contribution in [3.05, 3.63) is 33.3 Å². The van der Waals surface area contributed by atoms with Crippen LogP contribution in [0.5, 0.6) is 0 Å². The van der Waals surface area contributed by atoms with Gasteiger partial charge in [0, 0.05) is 22.6 Å². The molecule has 0 saturated heterocycles. The van der Waals surface area contributed by atoms with Crippen LogP contribution < -0.4 is 0 Å². The lowest BCUT2D eigenvalue weighted by Gasteiger charge is -2.24. The van der Waals surface area contributed by atoms with Crippen molar-refractivity contribution in [3.8, 4) is 0 Å². The largest absolute Gasteiger partial charge is 0.331 e. The van der Waals surface area contributed by atoms with E-state index in [1.54, 1.807) is 4.90 Å². The molecule has 1 heterocycles. The molecule has 0 aromatic heterocycles.